The lowest BCUT2D eigenvalue weighted by atomic mass is 10.1. The van der Waals surface area contributed by atoms with Crippen LogP contribution in [-0.2, 0) is 4.79 Å². The zero-order valence-electron chi connectivity index (χ0n) is 18.0. The zero-order chi connectivity index (χ0) is 20.9. The van der Waals surface area contributed by atoms with Gasteiger partial charge in [-0.3, -0.25) is 4.79 Å². The lowest BCUT2D eigenvalue weighted by Gasteiger charge is -2.38. The van der Waals surface area contributed by atoms with E-state index in [4.69, 9.17) is 0 Å². The Bertz CT molecular complexity index is 876. The van der Waals surface area contributed by atoms with Crippen LogP contribution < -0.4 is 9.80 Å². The van der Waals surface area contributed by atoms with E-state index >= 15 is 0 Å². The van der Waals surface area contributed by atoms with E-state index in [1.165, 1.54) is 35.0 Å². The number of hydrogen-bond acceptors (Lipinski definition) is 6. The fraction of sp³-hybridized carbons (Fsp3) is 0.522. The Morgan fingerprint density at radius 3 is 2.40 bits per heavy atom. The number of carbonyl (C=O) groups excluding carboxylic acids is 1. The van der Waals surface area contributed by atoms with Crippen LogP contribution in [0.15, 0.2) is 35.6 Å². The maximum absolute atomic E-state index is 12.6. The Hall–Kier alpha value is -2.28. The van der Waals surface area contributed by atoms with Crippen molar-refractivity contribution >= 4 is 29.2 Å². The van der Waals surface area contributed by atoms with Crippen molar-refractivity contribution in [3.05, 3.63) is 41.7 Å². The molecule has 0 N–H and O–H groups in total. The van der Waals surface area contributed by atoms with Crippen molar-refractivity contribution in [2.75, 3.05) is 54.8 Å². The third-order valence-corrected chi connectivity index (χ3v) is 7.14. The molecule has 160 valence electrons. The number of piperidine rings is 1. The molecule has 0 bridgehead atoms. The highest BCUT2D eigenvalue weighted by Crippen LogP contribution is 2.29. The number of aryl methyl sites for hydroxylation is 1. The zero-order valence-corrected chi connectivity index (χ0v) is 18.8. The summed E-state index contributed by atoms with van der Waals surface area (Å²) in [7, 11) is 0. The minimum absolute atomic E-state index is 0.219. The van der Waals surface area contributed by atoms with E-state index in [1.54, 1.807) is 12.4 Å². The lowest BCUT2D eigenvalue weighted by Crippen LogP contribution is -2.47. The number of thioether (sulfide) groups is 1. The molecule has 30 heavy (non-hydrogen) atoms. The first-order valence-electron chi connectivity index (χ1n) is 10.9. The number of anilines is 2. The number of likely N-dealkylation sites (tertiary alicyclic amines) is 1. The monoisotopic (exact) mass is 425 g/mol. The number of amides is 1. The van der Waals surface area contributed by atoms with Gasteiger partial charge >= 0.3 is 0 Å². The summed E-state index contributed by atoms with van der Waals surface area (Å²) in [6, 6.07) is 6.53. The molecule has 2 aliphatic heterocycles. The quantitative estimate of drug-likeness (QED) is 0.683. The largest absolute Gasteiger partial charge is 0.368 e. The van der Waals surface area contributed by atoms with E-state index in [0.29, 0.717) is 5.75 Å². The molecule has 0 atom stereocenters. The van der Waals surface area contributed by atoms with Gasteiger partial charge in [-0.2, -0.15) is 0 Å². The fourth-order valence-electron chi connectivity index (χ4n) is 4.24. The summed E-state index contributed by atoms with van der Waals surface area (Å²) in [6.07, 6.45) is 6.96. The molecule has 2 fully saturated rings. The molecule has 2 saturated heterocycles. The molecule has 2 aromatic rings. The van der Waals surface area contributed by atoms with Crippen molar-refractivity contribution in [3.63, 3.8) is 0 Å². The average molecular weight is 426 g/mol. The third-order valence-electron chi connectivity index (χ3n) is 6.18. The summed E-state index contributed by atoms with van der Waals surface area (Å²) < 4.78 is 0. The number of carbonyl (C=O) groups is 1. The molecule has 6 nitrogen and oxygen atoms in total. The molecule has 0 radical (unpaired) electrons. The minimum Gasteiger partial charge on any atom is -0.368 e. The van der Waals surface area contributed by atoms with Crippen molar-refractivity contribution in [1.82, 2.24) is 14.9 Å². The summed E-state index contributed by atoms with van der Waals surface area (Å²) in [5.74, 6) is 1.57. The van der Waals surface area contributed by atoms with Crippen molar-refractivity contribution in [1.29, 1.82) is 0 Å². The standard InChI is InChI=1S/C23H31N5OS/c1-18-7-6-8-20(19(18)2)26-13-15-28(16-14-26)22-23(25-10-9-24-22)30-17-21(29)27-11-4-3-5-12-27/h6-10H,3-5,11-17H2,1-2H3. The first-order chi connectivity index (χ1) is 14.6. The number of nitrogens with zero attached hydrogens (tertiary/aromatic N) is 5. The van der Waals surface area contributed by atoms with Crippen LogP contribution in [0.1, 0.15) is 30.4 Å². The van der Waals surface area contributed by atoms with E-state index < -0.39 is 0 Å². The van der Waals surface area contributed by atoms with Gasteiger partial charge in [0.15, 0.2) is 5.82 Å². The Morgan fingerprint density at radius 2 is 1.63 bits per heavy atom. The van der Waals surface area contributed by atoms with Gasteiger partial charge in [0.2, 0.25) is 5.91 Å². The van der Waals surface area contributed by atoms with Crippen molar-refractivity contribution in [3.8, 4) is 0 Å². The van der Waals surface area contributed by atoms with E-state index in [9.17, 15) is 4.79 Å². The maximum atomic E-state index is 12.6. The maximum Gasteiger partial charge on any atom is 0.232 e. The van der Waals surface area contributed by atoms with Gasteiger partial charge in [-0.25, -0.2) is 9.97 Å². The van der Waals surface area contributed by atoms with Crippen LogP contribution in [0.3, 0.4) is 0 Å². The van der Waals surface area contributed by atoms with E-state index in [1.807, 2.05) is 4.90 Å². The van der Waals surface area contributed by atoms with Gasteiger partial charge in [0, 0.05) is 57.3 Å². The fourth-order valence-corrected chi connectivity index (χ4v) is 5.13. The summed E-state index contributed by atoms with van der Waals surface area (Å²) in [5.41, 5.74) is 4.02. The SMILES string of the molecule is Cc1cccc(N2CCN(c3nccnc3SCC(=O)N3CCCCC3)CC2)c1C. The Balaban J connectivity index is 1.38. The highest BCUT2D eigenvalue weighted by molar-refractivity contribution is 8.00. The van der Waals surface area contributed by atoms with Crippen LogP contribution in [0.5, 0.6) is 0 Å². The lowest BCUT2D eigenvalue weighted by molar-refractivity contribution is -0.129. The molecule has 7 heteroatoms. The average Bonchev–Trinajstić information content (AvgIpc) is 2.80. The predicted molar refractivity (Wildman–Crippen MR) is 124 cm³/mol. The molecule has 4 rings (SSSR count). The molecule has 0 aliphatic carbocycles. The van der Waals surface area contributed by atoms with Gasteiger partial charge in [0.25, 0.3) is 0 Å². The second-order valence-corrected chi connectivity index (χ2v) is 9.07. The molecular formula is C23H31N5OS. The third kappa shape index (κ3) is 4.72. The van der Waals surface area contributed by atoms with Gasteiger partial charge in [0.1, 0.15) is 5.03 Å². The highest BCUT2D eigenvalue weighted by Gasteiger charge is 2.23. The van der Waals surface area contributed by atoms with Gasteiger partial charge in [0.05, 0.1) is 5.75 Å². The van der Waals surface area contributed by atoms with Crippen LogP contribution in [0, 0.1) is 13.8 Å². The summed E-state index contributed by atoms with van der Waals surface area (Å²) in [5, 5.41) is 0.864. The summed E-state index contributed by atoms with van der Waals surface area (Å²) >= 11 is 1.52. The Labute approximate surface area is 183 Å². The molecule has 0 spiro atoms. The number of aromatic nitrogens is 2. The minimum atomic E-state index is 0.219. The van der Waals surface area contributed by atoms with Crippen LogP contribution in [0.25, 0.3) is 0 Å². The molecule has 3 heterocycles. The molecule has 2 aliphatic rings. The van der Waals surface area contributed by atoms with Crippen LogP contribution in [-0.4, -0.2) is 65.8 Å². The summed E-state index contributed by atoms with van der Waals surface area (Å²) in [6.45, 7) is 9.88. The van der Waals surface area contributed by atoms with Crippen LogP contribution >= 0.6 is 11.8 Å². The van der Waals surface area contributed by atoms with E-state index in [2.05, 4.69) is 51.8 Å². The van der Waals surface area contributed by atoms with Crippen molar-refractivity contribution < 1.29 is 4.79 Å². The molecule has 0 unspecified atom stereocenters. The molecule has 0 saturated carbocycles. The highest BCUT2D eigenvalue weighted by atomic mass is 32.2. The van der Waals surface area contributed by atoms with E-state index in [-0.39, 0.29) is 5.91 Å². The second kappa shape index (κ2) is 9.69. The van der Waals surface area contributed by atoms with Crippen molar-refractivity contribution in [2.24, 2.45) is 0 Å². The first-order valence-corrected chi connectivity index (χ1v) is 11.9. The van der Waals surface area contributed by atoms with Gasteiger partial charge in [-0.15, -0.1) is 0 Å². The van der Waals surface area contributed by atoms with E-state index in [0.717, 1.165) is 63.0 Å². The Kier molecular flexibility index (Phi) is 6.77. The number of rotatable bonds is 5. The summed E-state index contributed by atoms with van der Waals surface area (Å²) in [4.78, 5) is 28.5. The molecule has 1 amide bonds. The predicted octanol–water partition coefficient (Wildman–Crippen LogP) is 3.52. The van der Waals surface area contributed by atoms with Crippen LogP contribution in [0.4, 0.5) is 11.5 Å². The topological polar surface area (TPSA) is 52.6 Å². The van der Waals surface area contributed by atoms with Gasteiger partial charge in [-0.05, 0) is 50.3 Å². The van der Waals surface area contributed by atoms with Crippen molar-refractivity contribution in [2.45, 2.75) is 38.1 Å². The molecule has 1 aromatic heterocycles. The van der Waals surface area contributed by atoms with Gasteiger partial charge < -0.3 is 14.7 Å². The normalized spacial score (nSPS) is 17.3. The number of benzene rings is 1. The molecular weight excluding hydrogens is 394 g/mol. The molecule has 1 aromatic carbocycles. The first kappa shape index (κ1) is 21.0. The van der Waals surface area contributed by atoms with Crippen LogP contribution in [0.2, 0.25) is 0 Å². The Morgan fingerprint density at radius 1 is 0.933 bits per heavy atom. The smallest absolute Gasteiger partial charge is 0.232 e. The number of hydrogen-bond donors (Lipinski definition) is 0. The second-order valence-electron chi connectivity index (χ2n) is 8.11. The number of piperazine rings is 1. The van der Waals surface area contributed by atoms with Gasteiger partial charge in [-0.1, -0.05) is 23.9 Å².